The van der Waals surface area contributed by atoms with Crippen molar-refractivity contribution in [3.63, 3.8) is 0 Å². The van der Waals surface area contributed by atoms with Gasteiger partial charge in [0.1, 0.15) is 6.61 Å². The van der Waals surface area contributed by atoms with Crippen molar-refractivity contribution >= 4 is 5.95 Å². The van der Waals surface area contributed by atoms with Gasteiger partial charge >= 0.3 is 0 Å². The SMILES string of the molecule is CCNc1n[nH]c(COC)n1. The Morgan fingerprint density at radius 3 is 3.09 bits per heavy atom. The predicted molar refractivity (Wildman–Crippen MR) is 41.3 cm³/mol. The maximum atomic E-state index is 4.86. The first kappa shape index (κ1) is 8.00. The highest BCUT2D eigenvalue weighted by Gasteiger charge is 1.99. The molecule has 0 aromatic carbocycles. The van der Waals surface area contributed by atoms with Crippen LogP contribution >= 0.6 is 0 Å². The van der Waals surface area contributed by atoms with Gasteiger partial charge in [0, 0.05) is 13.7 Å². The maximum absolute atomic E-state index is 4.86. The molecule has 0 spiro atoms. The van der Waals surface area contributed by atoms with Gasteiger partial charge in [-0.2, -0.15) is 4.98 Å². The first-order valence-corrected chi connectivity index (χ1v) is 3.51. The summed E-state index contributed by atoms with van der Waals surface area (Å²) >= 11 is 0. The van der Waals surface area contributed by atoms with Gasteiger partial charge in [0.2, 0.25) is 5.95 Å². The van der Waals surface area contributed by atoms with E-state index in [1.54, 1.807) is 7.11 Å². The fourth-order valence-corrected chi connectivity index (χ4v) is 0.734. The Hall–Kier alpha value is -1.10. The van der Waals surface area contributed by atoms with Gasteiger partial charge in [0.05, 0.1) is 0 Å². The van der Waals surface area contributed by atoms with Crippen LogP contribution in [0.5, 0.6) is 0 Å². The minimum atomic E-state index is 0.471. The van der Waals surface area contributed by atoms with E-state index in [0.717, 1.165) is 12.4 Å². The number of nitrogens with zero attached hydrogens (tertiary/aromatic N) is 2. The van der Waals surface area contributed by atoms with Crippen LogP contribution in [0.25, 0.3) is 0 Å². The van der Waals surface area contributed by atoms with Crippen LogP contribution in [-0.2, 0) is 11.3 Å². The van der Waals surface area contributed by atoms with Gasteiger partial charge in [-0.3, -0.25) is 5.10 Å². The lowest BCUT2D eigenvalue weighted by Gasteiger charge is -1.92. The van der Waals surface area contributed by atoms with Crippen molar-refractivity contribution in [3.8, 4) is 0 Å². The lowest BCUT2D eigenvalue weighted by Crippen LogP contribution is -1.98. The molecule has 5 heteroatoms. The number of H-pyrrole nitrogens is 1. The molecule has 0 bridgehead atoms. The van der Waals surface area contributed by atoms with Crippen molar-refractivity contribution in [3.05, 3.63) is 5.82 Å². The summed E-state index contributed by atoms with van der Waals surface area (Å²) in [5, 5.41) is 9.62. The molecule has 0 aliphatic carbocycles. The second-order valence-corrected chi connectivity index (χ2v) is 2.07. The van der Waals surface area contributed by atoms with Crippen molar-refractivity contribution in [1.82, 2.24) is 15.2 Å². The van der Waals surface area contributed by atoms with Crippen LogP contribution in [0, 0.1) is 0 Å². The van der Waals surface area contributed by atoms with Crippen LogP contribution in [0.1, 0.15) is 12.7 Å². The molecule has 1 rings (SSSR count). The summed E-state index contributed by atoms with van der Waals surface area (Å²) < 4.78 is 4.86. The van der Waals surface area contributed by atoms with E-state index in [9.17, 15) is 0 Å². The van der Waals surface area contributed by atoms with Crippen LogP contribution in [-0.4, -0.2) is 28.8 Å². The molecule has 1 aromatic heterocycles. The van der Waals surface area contributed by atoms with Crippen molar-refractivity contribution in [1.29, 1.82) is 0 Å². The Bertz CT molecular complexity index is 190. The zero-order valence-electron chi connectivity index (χ0n) is 6.72. The van der Waals surface area contributed by atoms with E-state index in [0.29, 0.717) is 12.6 Å². The van der Waals surface area contributed by atoms with E-state index < -0.39 is 0 Å². The van der Waals surface area contributed by atoms with Crippen LogP contribution in [0.4, 0.5) is 5.95 Å². The van der Waals surface area contributed by atoms with Crippen LogP contribution in [0.3, 0.4) is 0 Å². The first-order chi connectivity index (χ1) is 5.36. The highest BCUT2D eigenvalue weighted by molar-refractivity contribution is 5.21. The fourth-order valence-electron chi connectivity index (χ4n) is 0.734. The number of ether oxygens (including phenoxy) is 1. The molecule has 0 unspecified atom stereocenters. The van der Waals surface area contributed by atoms with Crippen molar-refractivity contribution in [2.45, 2.75) is 13.5 Å². The third-order valence-electron chi connectivity index (χ3n) is 1.15. The normalized spacial score (nSPS) is 10.0. The number of aromatic amines is 1. The predicted octanol–water partition coefficient (Wildman–Crippen LogP) is 0.383. The number of rotatable bonds is 4. The summed E-state index contributed by atoms with van der Waals surface area (Å²) in [4.78, 5) is 4.09. The standard InChI is InChI=1S/C6H12N4O/c1-3-7-6-8-5(4-11-2)9-10-6/h3-4H2,1-2H3,(H2,7,8,9,10). The van der Waals surface area contributed by atoms with Crippen molar-refractivity contribution in [2.24, 2.45) is 0 Å². The van der Waals surface area contributed by atoms with E-state index >= 15 is 0 Å². The molecule has 5 nitrogen and oxygen atoms in total. The molecule has 0 aliphatic heterocycles. The molecule has 62 valence electrons. The zero-order valence-corrected chi connectivity index (χ0v) is 6.72. The Balaban J connectivity index is 2.51. The first-order valence-electron chi connectivity index (χ1n) is 3.51. The highest BCUT2D eigenvalue weighted by atomic mass is 16.5. The summed E-state index contributed by atoms with van der Waals surface area (Å²) in [6, 6.07) is 0. The van der Waals surface area contributed by atoms with Crippen molar-refractivity contribution in [2.75, 3.05) is 19.0 Å². The van der Waals surface area contributed by atoms with Gasteiger partial charge in [-0.1, -0.05) is 0 Å². The summed E-state index contributed by atoms with van der Waals surface area (Å²) in [7, 11) is 1.62. The van der Waals surface area contributed by atoms with Crippen LogP contribution < -0.4 is 5.32 Å². The van der Waals surface area contributed by atoms with Crippen LogP contribution in [0.2, 0.25) is 0 Å². The lowest BCUT2D eigenvalue weighted by molar-refractivity contribution is 0.178. The summed E-state index contributed by atoms with van der Waals surface area (Å²) in [6.07, 6.45) is 0. The lowest BCUT2D eigenvalue weighted by atomic mass is 10.7. The molecule has 0 radical (unpaired) electrons. The third kappa shape index (κ3) is 2.19. The number of anilines is 1. The number of methoxy groups -OCH3 is 1. The second-order valence-electron chi connectivity index (χ2n) is 2.07. The van der Waals surface area contributed by atoms with Crippen LogP contribution in [0.15, 0.2) is 0 Å². The highest BCUT2D eigenvalue weighted by Crippen LogP contribution is 1.97. The van der Waals surface area contributed by atoms with E-state index in [1.807, 2.05) is 6.92 Å². The molecule has 2 N–H and O–H groups in total. The molecule has 1 aromatic rings. The smallest absolute Gasteiger partial charge is 0.242 e. The van der Waals surface area contributed by atoms with E-state index in [1.165, 1.54) is 0 Å². The minimum absolute atomic E-state index is 0.471. The van der Waals surface area contributed by atoms with E-state index in [2.05, 4.69) is 20.5 Å². The fraction of sp³-hybridized carbons (Fsp3) is 0.667. The second kappa shape index (κ2) is 3.92. The summed E-state index contributed by atoms with van der Waals surface area (Å²) in [5.41, 5.74) is 0. The molecule has 0 atom stereocenters. The number of hydrogen-bond donors (Lipinski definition) is 2. The minimum Gasteiger partial charge on any atom is -0.377 e. The monoisotopic (exact) mass is 156 g/mol. The number of aromatic nitrogens is 3. The largest absolute Gasteiger partial charge is 0.377 e. The molecule has 0 aliphatic rings. The molecule has 11 heavy (non-hydrogen) atoms. The average molecular weight is 156 g/mol. The van der Waals surface area contributed by atoms with Gasteiger partial charge < -0.3 is 10.1 Å². The van der Waals surface area contributed by atoms with Gasteiger partial charge in [-0.25, -0.2) is 0 Å². The molecule has 0 fully saturated rings. The Morgan fingerprint density at radius 2 is 2.45 bits per heavy atom. The Morgan fingerprint density at radius 1 is 1.64 bits per heavy atom. The summed E-state index contributed by atoms with van der Waals surface area (Å²) in [6.45, 7) is 3.29. The van der Waals surface area contributed by atoms with Gasteiger partial charge in [-0.05, 0) is 6.92 Å². The van der Waals surface area contributed by atoms with Gasteiger partial charge in [-0.15, -0.1) is 5.10 Å². The average Bonchev–Trinajstić information content (AvgIpc) is 2.38. The Labute approximate surface area is 65.2 Å². The van der Waals surface area contributed by atoms with Gasteiger partial charge in [0.15, 0.2) is 5.82 Å². The molecule has 1 heterocycles. The quantitative estimate of drug-likeness (QED) is 0.661. The van der Waals surface area contributed by atoms with Crippen molar-refractivity contribution < 1.29 is 4.74 Å². The topological polar surface area (TPSA) is 62.8 Å². The molecule has 0 saturated carbocycles. The summed E-state index contributed by atoms with van der Waals surface area (Å²) in [5.74, 6) is 1.36. The third-order valence-corrected chi connectivity index (χ3v) is 1.15. The van der Waals surface area contributed by atoms with E-state index in [4.69, 9.17) is 4.74 Å². The number of nitrogens with one attached hydrogen (secondary N) is 2. The molecule has 0 saturated heterocycles. The Kier molecular flexibility index (Phi) is 2.85. The zero-order chi connectivity index (χ0) is 8.10. The molecular weight excluding hydrogens is 144 g/mol. The molecular formula is C6H12N4O. The molecule has 0 amide bonds. The van der Waals surface area contributed by atoms with E-state index in [-0.39, 0.29) is 0 Å². The maximum Gasteiger partial charge on any atom is 0.242 e. The van der Waals surface area contributed by atoms with Gasteiger partial charge in [0.25, 0.3) is 0 Å². The number of hydrogen-bond acceptors (Lipinski definition) is 4.